The van der Waals surface area contributed by atoms with Crippen molar-refractivity contribution in [2.24, 2.45) is 0 Å². The van der Waals surface area contributed by atoms with Gasteiger partial charge in [-0.1, -0.05) is 12.1 Å². The second-order valence-corrected chi connectivity index (χ2v) is 6.01. The highest BCUT2D eigenvalue weighted by molar-refractivity contribution is 7.55. The molecule has 0 spiro atoms. The first-order chi connectivity index (χ1) is 6.25. The SMILES string of the molecule is CC(Cl)(c1ccc(F)cc1)P(=O)(O)O. The highest BCUT2D eigenvalue weighted by Crippen LogP contribution is 2.59. The van der Waals surface area contributed by atoms with E-state index in [0.29, 0.717) is 0 Å². The van der Waals surface area contributed by atoms with Gasteiger partial charge in [-0.05, 0) is 24.6 Å². The Balaban J connectivity index is 3.17. The molecule has 0 amide bonds. The molecule has 6 heteroatoms. The molecule has 0 aliphatic carbocycles. The fraction of sp³-hybridized carbons (Fsp3) is 0.250. The van der Waals surface area contributed by atoms with Crippen LogP contribution < -0.4 is 0 Å². The van der Waals surface area contributed by atoms with Gasteiger partial charge in [0.2, 0.25) is 0 Å². The predicted octanol–water partition coefficient (Wildman–Crippen LogP) is 2.41. The van der Waals surface area contributed by atoms with Crippen LogP contribution in [0.5, 0.6) is 0 Å². The molecule has 0 fully saturated rings. The lowest BCUT2D eigenvalue weighted by Gasteiger charge is -2.23. The summed E-state index contributed by atoms with van der Waals surface area (Å²) in [6.45, 7) is 1.20. The van der Waals surface area contributed by atoms with E-state index in [-0.39, 0.29) is 5.56 Å². The third kappa shape index (κ3) is 2.15. The summed E-state index contributed by atoms with van der Waals surface area (Å²) >= 11 is 5.70. The minimum Gasteiger partial charge on any atom is -0.323 e. The zero-order chi connectivity index (χ0) is 11.0. The van der Waals surface area contributed by atoms with E-state index in [1.165, 1.54) is 19.1 Å². The third-order valence-corrected chi connectivity index (χ3v) is 4.15. The highest BCUT2D eigenvalue weighted by Gasteiger charge is 2.42. The van der Waals surface area contributed by atoms with Gasteiger partial charge in [0.25, 0.3) is 0 Å². The Hall–Kier alpha value is -0.410. The van der Waals surface area contributed by atoms with Gasteiger partial charge < -0.3 is 9.79 Å². The van der Waals surface area contributed by atoms with Gasteiger partial charge in [0, 0.05) is 0 Å². The Morgan fingerprint density at radius 3 is 2.14 bits per heavy atom. The quantitative estimate of drug-likeness (QED) is 0.614. The van der Waals surface area contributed by atoms with Gasteiger partial charge in [0.1, 0.15) is 5.82 Å². The molecule has 0 aliphatic heterocycles. The molecule has 2 N–H and O–H groups in total. The van der Waals surface area contributed by atoms with Crippen LogP contribution in [0.4, 0.5) is 4.39 Å². The first-order valence-electron chi connectivity index (χ1n) is 3.76. The second kappa shape index (κ2) is 3.63. The standard InChI is InChI=1S/C8H9ClFO3P/c1-8(9,14(11,12)13)6-2-4-7(10)5-3-6/h2-5H,1H3,(H2,11,12,13). The number of benzene rings is 1. The molecule has 3 nitrogen and oxygen atoms in total. The zero-order valence-corrected chi connectivity index (χ0v) is 8.97. The molecule has 1 unspecified atom stereocenters. The van der Waals surface area contributed by atoms with Crippen molar-refractivity contribution < 1.29 is 18.7 Å². The van der Waals surface area contributed by atoms with Crippen molar-refractivity contribution in [3.63, 3.8) is 0 Å². The first-order valence-corrected chi connectivity index (χ1v) is 5.75. The van der Waals surface area contributed by atoms with Gasteiger partial charge in [0.05, 0.1) is 0 Å². The van der Waals surface area contributed by atoms with Gasteiger partial charge in [-0.25, -0.2) is 4.39 Å². The summed E-state index contributed by atoms with van der Waals surface area (Å²) in [5.74, 6) is -0.480. The van der Waals surface area contributed by atoms with Gasteiger partial charge in [-0.15, -0.1) is 11.6 Å². The molecule has 0 radical (unpaired) electrons. The largest absolute Gasteiger partial charge is 0.350 e. The monoisotopic (exact) mass is 238 g/mol. The molecule has 1 atom stereocenters. The molecule has 14 heavy (non-hydrogen) atoms. The van der Waals surface area contributed by atoms with Crippen LogP contribution in [0.25, 0.3) is 0 Å². The minimum absolute atomic E-state index is 0.189. The van der Waals surface area contributed by atoms with E-state index < -0.39 is 18.0 Å². The van der Waals surface area contributed by atoms with Gasteiger partial charge in [0.15, 0.2) is 4.62 Å². The Morgan fingerprint density at radius 1 is 1.36 bits per heavy atom. The maximum atomic E-state index is 12.5. The van der Waals surface area contributed by atoms with Gasteiger partial charge in [-0.2, -0.15) is 0 Å². The van der Waals surface area contributed by atoms with Crippen molar-refractivity contribution in [2.45, 2.75) is 11.5 Å². The molecule has 0 aromatic heterocycles. The first kappa shape index (κ1) is 11.7. The average Bonchev–Trinajstić information content (AvgIpc) is 2.03. The Kier molecular flexibility index (Phi) is 3.02. The number of halogens is 2. The van der Waals surface area contributed by atoms with Crippen LogP contribution in [0.2, 0.25) is 0 Å². The van der Waals surface area contributed by atoms with Crippen LogP contribution in [-0.4, -0.2) is 9.79 Å². The van der Waals surface area contributed by atoms with Crippen LogP contribution in [0.15, 0.2) is 24.3 Å². The number of rotatable bonds is 2. The Labute approximate surface area is 85.7 Å². The van der Waals surface area contributed by atoms with E-state index in [1.807, 2.05) is 0 Å². The van der Waals surface area contributed by atoms with Crippen molar-refractivity contribution >= 4 is 19.2 Å². The molecule has 1 aromatic rings. The predicted molar refractivity (Wildman–Crippen MR) is 51.6 cm³/mol. The van der Waals surface area contributed by atoms with Crippen LogP contribution in [0, 0.1) is 5.82 Å². The summed E-state index contributed by atoms with van der Waals surface area (Å²) in [6.07, 6.45) is 0. The van der Waals surface area contributed by atoms with Crippen molar-refractivity contribution in [2.75, 3.05) is 0 Å². The zero-order valence-electron chi connectivity index (χ0n) is 7.32. The van der Waals surface area contributed by atoms with E-state index in [9.17, 15) is 8.96 Å². The van der Waals surface area contributed by atoms with Gasteiger partial charge in [-0.3, -0.25) is 4.57 Å². The summed E-state index contributed by atoms with van der Waals surface area (Å²) in [7, 11) is -4.46. The number of hydrogen-bond acceptors (Lipinski definition) is 1. The van der Waals surface area contributed by atoms with E-state index >= 15 is 0 Å². The summed E-state index contributed by atoms with van der Waals surface area (Å²) in [4.78, 5) is 17.9. The molecular weight excluding hydrogens is 230 g/mol. The molecule has 0 aliphatic rings. The molecule has 0 saturated heterocycles. The normalized spacial score (nSPS) is 16.4. The summed E-state index contributed by atoms with van der Waals surface area (Å²) in [5.41, 5.74) is 0.189. The maximum absolute atomic E-state index is 12.5. The van der Waals surface area contributed by atoms with Crippen molar-refractivity contribution in [1.29, 1.82) is 0 Å². The third-order valence-electron chi connectivity index (χ3n) is 1.92. The molecule has 78 valence electrons. The summed E-state index contributed by atoms with van der Waals surface area (Å²) < 4.78 is 21.7. The van der Waals surface area contributed by atoms with Gasteiger partial charge >= 0.3 is 7.60 Å². The fourth-order valence-electron chi connectivity index (χ4n) is 0.922. The van der Waals surface area contributed by atoms with Crippen LogP contribution >= 0.6 is 19.2 Å². The molecule has 0 saturated carbocycles. The molecule has 1 rings (SSSR count). The van der Waals surface area contributed by atoms with E-state index in [0.717, 1.165) is 12.1 Å². The average molecular weight is 239 g/mol. The lowest BCUT2D eigenvalue weighted by molar-refractivity contribution is 0.354. The highest BCUT2D eigenvalue weighted by atomic mass is 35.5. The fourth-order valence-corrected chi connectivity index (χ4v) is 1.53. The summed E-state index contributed by atoms with van der Waals surface area (Å²) in [6, 6.07) is 4.71. The van der Waals surface area contributed by atoms with Crippen LogP contribution in [0.3, 0.4) is 0 Å². The van der Waals surface area contributed by atoms with E-state index in [4.69, 9.17) is 21.4 Å². The Morgan fingerprint density at radius 2 is 1.79 bits per heavy atom. The maximum Gasteiger partial charge on any atom is 0.350 e. The topological polar surface area (TPSA) is 57.5 Å². The lowest BCUT2D eigenvalue weighted by atomic mass is 10.1. The minimum atomic E-state index is -4.46. The number of hydrogen-bond donors (Lipinski definition) is 2. The van der Waals surface area contributed by atoms with Crippen molar-refractivity contribution in [1.82, 2.24) is 0 Å². The molecule has 1 aromatic carbocycles. The molecule has 0 bridgehead atoms. The van der Waals surface area contributed by atoms with Crippen LogP contribution in [0.1, 0.15) is 12.5 Å². The second-order valence-electron chi connectivity index (χ2n) is 3.00. The van der Waals surface area contributed by atoms with Crippen LogP contribution in [-0.2, 0) is 9.18 Å². The lowest BCUT2D eigenvalue weighted by Crippen LogP contribution is -2.13. The van der Waals surface area contributed by atoms with Crippen molar-refractivity contribution in [3.05, 3.63) is 35.6 Å². The smallest absolute Gasteiger partial charge is 0.323 e. The summed E-state index contributed by atoms with van der Waals surface area (Å²) in [5, 5.41) is 0. The molecule has 0 heterocycles. The van der Waals surface area contributed by atoms with Crippen molar-refractivity contribution in [3.8, 4) is 0 Å². The van der Waals surface area contributed by atoms with E-state index in [2.05, 4.69) is 0 Å². The Bertz CT molecular complexity index is 371. The van der Waals surface area contributed by atoms with E-state index in [1.54, 1.807) is 0 Å². The molecular formula is C8H9ClFO3P. The number of alkyl halides is 1.